The van der Waals surface area contributed by atoms with Gasteiger partial charge >= 0.3 is 18.2 Å². The number of alkyl halides is 3. The first-order chi connectivity index (χ1) is 21.9. The number of thiazole rings is 1. The van der Waals surface area contributed by atoms with Crippen molar-refractivity contribution in [3.63, 3.8) is 0 Å². The summed E-state index contributed by atoms with van der Waals surface area (Å²) in [5, 5.41) is 23.1. The second-order valence-corrected chi connectivity index (χ2v) is 11.6. The number of aliphatic hydroxyl groups excluding tert-OH is 1. The van der Waals surface area contributed by atoms with Gasteiger partial charge in [-0.25, -0.2) is 19.0 Å². The number of carboxylic acids is 1. The predicted octanol–water partition coefficient (Wildman–Crippen LogP) is 6.83. The third-order valence-corrected chi connectivity index (χ3v) is 8.31. The van der Waals surface area contributed by atoms with Gasteiger partial charge in [0, 0.05) is 17.3 Å². The van der Waals surface area contributed by atoms with E-state index in [1.54, 1.807) is 24.3 Å². The van der Waals surface area contributed by atoms with Crippen molar-refractivity contribution in [1.82, 2.24) is 10.3 Å². The Kier molecular flexibility index (Phi) is 9.68. The van der Waals surface area contributed by atoms with Crippen molar-refractivity contribution < 1.29 is 42.2 Å². The molecule has 0 unspecified atom stereocenters. The number of amides is 3. The van der Waals surface area contributed by atoms with Crippen molar-refractivity contribution >= 4 is 55.9 Å². The van der Waals surface area contributed by atoms with E-state index in [4.69, 9.17) is 5.11 Å². The second-order valence-electron chi connectivity index (χ2n) is 10.6. The summed E-state index contributed by atoms with van der Waals surface area (Å²) in [5.41, 5.74) is 2.10. The molecule has 1 aliphatic carbocycles. The minimum atomic E-state index is -4.89. The van der Waals surface area contributed by atoms with Crippen LogP contribution < -0.4 is 15.5 Å². The molecule has 1 heterocycles. The van der Waals surface area contributed by atoms with E-state index in [-0.39, 0.29) is 27.5 Å². The molecule has 0 saturated carbocycles. The number of carbonyl (C=O) groups is 3. The third kappa shape index (κ3) is 7.69. The van der Waals surface area contributed by atoms with Crippen molar-refractivity contribution in [2.24, 2.45) is 0 Å². The van der Waals surface area contributed by atoms with Crippen LogP contribution in [0.15, 0.2) is 66.7 Å². The monoisotopic (exact) mass is 656 g/mol. The van der Waals surface area contributed by atoms with Gasteiger partial charge in [-0.3, -0.25) is 15.0 Å². The maximum Gasteiger partial charge on any atom is 0.419 e. The maximum absolute atomic E-state index is 14.1. The molecule has 0 saturated heterocycles. The molecule has 5 rings (SSSR count). The van der Waals surface area contributed by atoms with Gasteiger partial charge in [0.25, 0.3) is 5.91 Å². The number of nitrogens with zero attached hydrogens (tertiary/aromatic N) is 2. The molecule has 240 valence electrons. The number of nitrogens with one attached hydrogen (secondary N) is 2. The third-order valence-electron chi connectivity index (χ3n) is 7.38. The number of carbonyl (C=O) groups excluding carboxylic acids is 2. The number of carboxylic acid groups (broad SMARTS) is 1. The summed E-state index contributed by atoms with van der Waals surface area (Å²) in [7, 11) is 0. The number of fused-ring (bicyclic) bond motifs is 1. The Morgan fingerprint density at radius 2 is 1.74 bits per heavy atom. The van der Waals surface area contributed by atoms with E-state index in [0.717, 1.165) is 42.6 Å². The van der Waals surface area contributed by atoms with Crippen molar-refractivity contribution in [3.8, 4) is 0 Å². The molecule has 1 aromatic heterocycles. The highest BCUT2D eigenvalue weighted by atomic mass is 32.1. The number of hydrogen-bond acceptors (Lipinski definition) is 6. The number of aromatic nitrogens is 1. The highest BCUT2D eigenvalue weighted by molar-refractivity contribution is 7.22. The van der Waals surface area contributed by atoms with Crippen LogP contribution in [-0.4, -0.2) is 45.8 Å². The molecule has 0 spiro atoms. The molecule has 0 fully saturated rings. The van der Waals surface area contributed by atoms with Gasteiger partial charge < -0.3 is 15.5 Å². The first-order valence-corrected chi connectivity index (χ1v) is 15.0. The molecule has 1 aliphatic rings. The lowest BCUT2D eigenvalue weighted by molar-refractivity contribution is -0.146. The molecular weight excluding hydrogens is 628 g/mol. The van der Waals surface area contributed by atoms with E-state index in [9.17, 15) is 37.1 Å². The summed E-state index contributed by atoms with van der Waals surface area (Å²) in [4.78, 5) is 42.3. The van der Waals surface area contributed by atoms with Crippen LogP contribution in [0.3, 0.4) is 0 Å². The summed E-state index contributed by atoms with van der Waals surface area (Å²) >= 11 is 0.775. The van der Waals surface area contributed by atoms with Crippen molar-refractivity contribution in [2.75, 3.05) is 16.8 Å². The standard InChI is InChI=1S/C32H28F4N4O5S/c33-24-15-25-27(14-23(24)32(34,35)36)46-30(38-25)39-31(45)40(22-12-10-20(11-13-22)19-4-2-1-3-5-19)17-18-6-8-21(9-7-18)28(42)37-16-26(41)29(43)44/h4,6-15,26,41H,1-3,5,16-17H2,(H,37,42)(H,43,44)(H,38,39,45)/t26-/m1/s1. The van der Waals surface area contributed by atoms with E-state index >= 15 is 0 Å². The highest BCUT2D eigenvalue weighted by Gasteiger charge is 2.35. The Hall–Kier alpha value is -4.82. The fraction of sp³-hybridized carbons (Fsp3) is 0.250. The zero-order chi connectivity index (χ0) is 33.0. The van der Waals surface area contributed by atoms with Crippen LogP contribution in [0.2, 0.25) is 0 Å². The van der Waals surface area contributed by atoms with Crippen molar-refractivity contribution in [1.29, 1.82) is 0 Å². The number of rotatable bonds is 9. The average molecular weight is 657 g/mol. The van der Waals surface area contributed by atoms with Crippen LogP contribution in [0.4, 0.5) is 33.2 Å². The van der Waals surface area contributed by atoms with Gasteiger partial charge in [-0.2, -0.15) is 13.2 Å². The summed E-state index contributed by atoms with van der Waals surface area (Å²) in [5.74, 6) is -3.54. The largest absolute Gasteiger partial charge is 0.479 e. The number of aliphatic hydroxyl groups is 1. The minimum absolute atomic E-state index is 0.0191. The van der Waals surface area contributed by atoms with Gasteiger partial charge in [0.05, 0.1) is 28.9 Å². The van der Waals surface area contributed by atoms with Crippen LogP contribution >= 0.6 is 11.3 Å². The zero-order valence-electron chi connectivity index (χ0n) is 24.1. The summed E-state index contributed by atoms with van der Waals surface area (Å²) < 4.78 is 53.8. The predicted molar refractivity (Wildman–Crippen MR) is 165 cm³/mol. The fourth-order valence-electron chi connectivity index (χ4n) is 4.94. The summed E-state index contributed by atoms with van der Waals surface area (Å²) in [6, 6.07) is 14.2. The Bertz CT molecular complexity index is 1790. The van der Waals surface area contributed by atoms with E-state index in [1.807, 2.05) is 12.1 Å². The van der Waals surface area contributed by atoms with Crippen LogP contribution in [-0.2, 0) is 17.5 Å². The summed E-state index contributed by atoms with van der Waals surface area (Å²) in [6.45, 7) is -0.460. The maximum atomic E-state index is 14.1. The second kappa shape index (κ2) is 13.7. The molecule has 0 bridgehead atoms. The fourth-order valence-corrected chi connectivity index (χ4v) is 5.81. The molecule has 9 nitrogen and oxygen atoms in total. The molecule has 3 amide bonds. The minimum Gasteiger partial charge on any atom is -0.479 e. The lowest BCUT2D eigenvalue weighted by Crippen LogP contribution is -2.36. The number of anilines is 2. The molecule has 46 heavy (non-hydrogen) atoms. The first-order valence-electron chi connectivity index (χ1n) is 14.2. The lowest BCUT2D eigenvalue weighted by Gasteiger charge is -2.23. The molecule has 4 aromatic rings. The van der Waals surface area contributed by atoms with Crippen LogP contribution in [0.25, 0.3) is 15.8 Å². The number of urea groups is 1. The molecule has 3 aromatic carbocycles. The summed E-state index contributed by atoms with van der Waals surface area (Å²) in [6.07, 6.45) is -0.273. The number of aliphatic carboxylic acids is 1. The smallest absolute Gasteiger partial charge is 0.419 e. The Labute approximate surface area is 264 Å². The average Bonchev–Trinajstić information content (AvgIpc) is 3.43. The van der Waals surface area contributed by atoms with E-state index in [0.29, 0.717) is 23.4 Å². The molecule has 14 heteroatoms. The highest BCUT2D eigenvalue weighted by Crippen LogP contribution is 2.37. The van der Waals surface area contributed by atoms with Gasteiger partial charge in [0.15, 0.2) is 11.2 Å². The Morgan fingerprint density at radius 1 is 1.02 bits per heavy atom. The molecule has 4 N–H and O–H groups in total. The van der Waals surface area contributed by atoms with E-state index < -0.39 is 48.1 Å². The zero-order valence-corrected chi connectivity index (χ0v) is 24.9. The molecule has 0 radical (unpaired) electrons. The number of halogens is 4. The number of allylic oxidation sites excluding steroid dienone is 2. The topological polar surface area (TPSA) is 132 Å². The van der Waals surface area contributed by atoms with Gasteiger partial charge in [0.1, 0.15) is 5.82 Å². The number of benzene rings is 3. The Balaban J connectivity index is 1.38. The molecule has 0 aliphatic heterocycles. The van der Waals surface area contributed by atoms with Gasteiger partial charge in [-0.15, -0.1) is 0 Å². The van der Waals surface area contributed by atoms with Crippen LogP contribution in [0.1, 0.15) is 52.7 Å². The van der Waals surface area contributed by atoms with E-state index in [2.05, 4.69) is 21.7 Å². The molecular formula is C32H28F4N4O5S. The Morgan fingerprint density at radius 3 is 2.37 bits per heavy atom. The van der Waals surface area contributed by atoms with Crippen molar-refractivity contribution in [3.05, 3.63) is 94.8 Å². The lowest BCUT2D eigenvalue weighted by atomic mass is 9.93. The van der Waals surface area contributed by atoms with Crippen LogP contribution in [0.5, 0.6) is 0 Å². The van der Waals surface area contributed by atoms with Crippen molar-refractivity contribution in [2.45, 2.75) is 44.5 Å². The van der Waals surface area contributed by atoms with E-state index in [1.165, 1.54) is 22.6 Å². The molecule has 1 atom stereocenters. The van der Waals surface area contributed by atoms with Gasteiger partial charge in [-0.05, 0) is 72.7 Å². The quantitative estimate of drug-likeness (QED) is 0.146. The number of hydrogen-bond donors (Lipinski definition) is 4. The normalized spacial score (nSPS) is 14.0. The van der Waals surface area contributed by atoms with Gasteiger partial charge in [0.2, 0.25) is 0 Å². The van der Waals surface area contributed by atoms with Gasteiger partial charge in [-0.1, -0.05) is 41.7 Å². The van der Waals surface area contributed by atoms with Crippen LogP contribution in [0, 0.1) is 5.82 Å². The SMILES string of the molecule is O=C(NC[C@@H](O)C(=O)O)c1ccc(CN(C(=O)Nc2nc3cc(F)c(C(F)(F)F)cc3s2)c2ccc(C3=CCCCC3)cc2)cc1. The first kappa shape index (κ1) is 32.6.